The molecule has 1 N–H and O–H groups in total. The highest BCUT2D eigenvalue weighted by Crippen LogP contribution is 2.46. The molecule has 2 atom stereocenters. The molecule has 3 aromatic carbocycles. The molecule has 0 saturated carbocycles. The molecule has 0 fully saturated rings. The SMILES string of the molecule is O=S(O)Cc1ccc(C2=C(c3ccc(F)cc3)C(C=S)c3ccccc3O2)cc1. The van der Waals surface area contributed by atoms with E-state index in [0.29, 0.717) is 5.76 Å². The normalized spacial score (nSPS) is 16.7. The van der Waals surface area contributed by atoms with Gasteiger partial charge in [-0.2, -0.15) is 0 Å². The molecule has 2 unspecified atom stereocenters. The molecule has 3 aromatic rings. The van der Waals surface area contributed by atoms with Crippen molar-refractivity contribution >= 4 is 40.0 Å². The average molecular weight is 425 g/mol. The van der Waals surface area contributed by atoms with E-state index in [4.69, 9.17) is 21.5 Å². The molecule has 146 valence electrons. The summed E-state index contributed by atoms with van der Waals surface area (Å²) in [5, 5.41) is 1.70. The minimum Gasteiger partial charge on any atom is -0.456 e. The topological polar surface area (TPSA) is 46.5 Å². The minimum absolute atomic E-state index is 0.0659. The molecule has 0 saturated heterocycles. The zero-order valence-corrected chi connectivity index (χ0v) is 16.9. The van der Waals surface area contributed by atoms with Crippen molar-refractivity contribution in [3.05, 3.63) is 101 Å². The molecular formula is C23H17FO3S2. The minimum atomic E-state index is -1.90. The van der Waals surface area contributed by atoms with Crippen molar-refractivity contribution in [1.29, 1.82) is 0 Å². The van der Waals surface area contributed by atoms with Crippen molar-refractivity contribution in [2.45, 2.75) is 11.7 Å². The summed E-state index contributed by atoms with van der Waals surface area (Å²) in [5.74, 6) is 0.919. The number of hydrogen-bond donors (Lipinski definition) is 1. The molecule has 29 heavy (non-hydrogen) atoms. The molecule has 3 nitrogen and oxygen atoms in total. The fourth-order valence-corrected chi connectivity index (χ4v) is 4.24. The quantitative estimate of drug-likeness (QED) is 0.428. The Labute approximate surface area is 176 Å². The average Bonchev–Trinajstić information content (AvgIpc) is 2.73. The third kappa shape index (κ3) is 4.05. The number of fused-ring (bicyclic) bond motifs is 1. The summed E-state index contributed by atoms with van der Waals surface area (Å²) in [5.41, 5.74) is 4.20. The number of allylic oxidation sites excluding steroid dienone is 1. The Morgan fingerprint density at radius 3 is 2.31 bits per heavy atom. The molecule has 0 radical (unpaired) electrons. The Morgan fingerprint density at radius 2 is 1.66 bits per heavy atom. The smallest absolute Gasteiger partial charge is 0.157 e. The van der Waals surface area contributed by atoms with Gasteiger partial charge in [-0.15, -0.1) is 0 Å². The molecule has 0 spiro atoms. The molecule has 0 bridgehead atoms. The second-order valence-electron chi connectivity index (χ2n) is 6.67. The standard InChI is InChI=1S/C23H17FO3S2/c24-18-11-9-16(10-12-18)22-20(13-28)19-3-1-2-4-21(19)27-23(22)17-7-5-15(6-8-17)14-29(25)26/h1-13,20H,14H2,(H,25,26). The maximum atomic E-state index is 13.5. The van der Waals surface area contributed by atoms with Gasteiger partial charge in [-0.25, -0.2) is 8.60 Å². The molecule has 1 aliphatic rings. The highest BCUT2D eigenvalue weighted by molar-refractivity contribution is 7.79. The predicted octanol–water partition coefficient (Wildman–Crippen LogP) is 5.59. The van der Waals surface area contributed by atoms with Crippen molar-refractivity contribution in [3.8, 4) is 5.75 Å². The lowest BCUT2D eigenvalue weighted by molar-refractivity contribution is 0.500. The van der Waals surface area contributed by atoms with Crippen LogP contribution in [0.15, 0.2) is 72.8 Å². The van der Waals surface area contributed by atoms with E-state index in [1.165, 1.54) is 12.1 Å². The fourth-order valence-electron chi connectivity index (χ4n) is 3.48. The van der Waals surface area contributed by atoms with E-state index in [0.717, 1.165) is 33.6 Å². The first-order valence-corrected chi connectivity index (χ1v) is 10.7. The summed E-state index contributed by atoms with van der Waals surface area (Å²) in [4.78, 5) is 0. The van der Waals surface area contributed by atoms with Gasteiger partial charge in [0.15, 0.2) is 11.1 Å². The van der Waals surface area contributed by atoms with Crippen LogP contribution in [-0.4, -0.2) is 14.1 Å². The second-order valence-corrected chi connectivity index (χ2v) is 7.87. The van der Waals surface area contributed by atoms with Crippen LogP contribution in [0.3, 0.4) is 0 Å². The third-order valence-electron chi connectivity index (χ3n) is 4.82. The zero-order valence-electron chi connectivity index (χ0n) is 15.2. The summed E-state index contributed by atoms with van der Waals surface area (Å²) in [6, 6.07) is 21.3. The summed E-state index contributed by atoms with van der Waals surface area (Å²) in [7, 11) is 0. The Kier molecular flexibility index (Phi) is 5.67. The van der Waals surface area contributed by atoms with Gasteiger partial charge in [-0.05, 0) is 34.7 Å². The number of ether oxygens (including phenoxy) is 1. The summed E-state index contributed by atoms with van der Waals surface area (Å²) in [6.07, 6.45) is 0. The Balaban J connectivity index is 1.88. The van der Waals surface area contributed by atoms with E-state index in [1.54, 1.807) is 29.6 Å². The zero-order chi connectivity index (χ0) is 20.4. The highest BCUT2D eigenvalue weighted by Gasteiger charge is 2.30. The first-order chi connectivity index (χ1) is 14.1. The lowest BCUT2D eigenvalue weighted by Crippen LogP contribution is -2.15. The van der Waals surface area contributed by atoms with Crippen LogP contribution >= 0.6 is 12.2 Å². The van der Waals surface area contributed by atoms with Gasteiger partial charge in [0.2, 0.25) is 0 Å². The number of thiocarbonyl (C=S) groups is 1. The van der Waals surface area contributed by atoms with Gasteiger partial charge < -0.3 is 9.29 Å². The largest absolute Gasteiger partial charge is 0.456 e. The lowest BCUT2D eigenvalue weighted by Gasteiger charge is -2.29. The van der Waals surface area contributed by atoms with Crippen LogP contribution in [0, 0.1) is 5.82 Å². The van der Waals surface area contributed by atoms with Gasteiger partial charge >= 0.3 is 0 Å². The summed E-state index contributed by atoms with van der Waals surface area (Å²) >= 11 is 3.47. The van der Waals surface area contributed by atoms with Gasteiger partial charge in [0.25, 0.3) is 0 Å². The molecule has 6 heteroatoms. The van der Waals surface area contributed by atoms with E-state index in [1.807, 2.05) is 36.4 Å². The van der Waals surface area contributed by atoms with Gasteiger partial charge in [0, 0.05) is 22.6 Å². The van der Waals surface area contributed by atoms with Crippen molar-refractivity contribution in [3.63, 3.8) is 0 Å². The number of para-hydroxylation sites is 1. The number of benzene rings is 3. The van der Waals surface area contributed by atoms with Crippen LogP contribution < -0.4 is 4.74 Å². The van der Waals surface area contributed by atoms with Crippen LogP contribution in [0.25, 0.3) is 11.3 Å². The maximum absolute atomic E-state index is 13.5. The van der Waals surface area contributed by atoms with Crippen LogP contribution in [0.1, 0.15) is 28.2 Å². The first kappa shape index (κ1) is 19.6. The Hall–Kier alpha value is -2.67. The monoisotopic (exact) mass is 424 g/mol. The Bertz CT molecular complexity index is 1110. The number of rotatable bonds is 5. The van der Waals surface area contributed by atoms with Gasteiger partial charge in [0.05, 0.1) is 5.75 Å². The summed E-state index contributed by atoms with van der Waals surface area (Å²) in [6.45, 7) is 0. The molecule has 0 aliphatic carbocycles. The van der Waals surface area contributed by atoms with E-state index in [2.05, 4.69) is 0 Å². The van der Waals surface area contributed by atoms with Gasteiger partial charge in [0.1, 0.15) is 17.3 Å². The summed E-state index contributed by atoms with van der Waals surface area (Å²) < 4.78 is 40.0. The molecule has 4 rings (SSSR count). The van der Waals surface area contributed by atoms with Crippen LogP contribution in [0.4, 0.5) is 4.39 Å². The van der Waals surface area contributed by atoms with E-state index < -0.39 is 11.1 Å². The number of halogens is 1. The van der Waals surface area contributed by atoms with E-state index in [9.17, 15) is 8.60 Å². The predicted molar refractivity (Wildman–Crippen MR) is 118 cm³/mol. The third-order valence-corrected chi connectivity index (χ3v) is 5.67. The lowest BCUT2D eigenvalue weighted by atomic mass is 9.83. The second kappa shape index (κ2) is 8.37. The molecule has 1 heterocycles. The van der Waals surface area contributed by atoms with Gasteiger partial charge in [-0.1, -0.05) is 66.8 Å². The molecule has 0 aromatic heterocycles. The molecule has 1 aliphatic heterocycles. The molecule has 0 amide bonds. The van der Waals surface area contributed by atoms with Gasteiger partial charge in [-0.3, -0.25) is 0 Å². The van der Waals surface area contributed by atoms with Crippen LogP contribution in [0.5, 0.6) is 5.75 Å². The van der Waals surface area contributed by atoms with E-state index in [-0.39, 0.29) is 17.5 Å². The van der Waals surface area contributed by atoms with Crippen LogP contribution in [0.2, 0.25) is 0 Å². The van der Waals surface area contributed by atoms with Crippen molar-refractivity contribution in [2.24, 2.45) is 0 Å². The fraction of sp³-hybridized carbons (Fsp3) is 0.0870. The molecular weight excluding hydrogens is 407 g/mol. The van der Waals surface area contributed by atoms with Crippen LogP contribution in [-0.2, 0) is 16.8 Å². The van der Waals surface area contributed by atoms with Crippen molar-refractivity contribution in [2.75, 3.05) is 0 Å². The number of hydrogen-bond acceptors (Lipinski definition) is 3. The Morgan fingerprint density at radius 1 is 1.00 bits per heavy atom. The van der Waals surface area contributed by atoms with Crippen molar-refractivity contribution in [1.82, 2.24) is 0 Å². The maximum Gasteiger partial charge on any atom is 0.157 e. The first-order valence-electron chi connectivity index (χ1n) is 8.96. The highest BCUT2D eigenvalue weighted by atomic mass is 32.2. The van der Waals surface area contributed by atoms with Crippen molar-refractivity contribution < 1.29 is 17.9 Å². The van der Waals surface area contributed by atoms with E-state index >= 15 is 0 Å².